The minimum Gasteiger partial charge on any atom is -0.456 e. The van der Waals surface area contributed by atoms with E-state index >= 15 is 0 Å². The van der Waals surface area contributed by atoms with E-state index in [1.54, 1.807) is 40.0 Å². The number of esters is 1. The van der Waals surface area contributed by atoms with Gasteiger partial charge in [0.15, 0.2) is 0 Å². The summed E-state index contributed by atoms with van der Waals surface area (Å²) in [6, 6.07) is 0. The number of cyclic esters (lactones) is 1. The summed E-state index contributed by atoms with van der Waals surface area (Å²) in [4.78, 5) is 11.8. The fourth-order valence-corrected chi connectivity index (χ4v) is 2.24. The predicted molar refractivity (Wildman–Crippen MR) is 88.9 cm³/mol. The second-order valence-corrected chi connectivity index (χ2v) is 6.50. The lowest BCUT2D eigenvalue weighted by Crippen LogP contribution is -2.40. The summed E-state index contributed by atoms with van der Waals surface area (Å²) in [5, 5.41) is 20.7. The van der Waals surface area contributed by atoms with Crippen LogP contribution in [0, 0.1) is 0 Å². The Morgan fingerprint density at radius 1 is 1.30 bits per heavy atom. The lowest BCUT2D eigenvalue weighted by atomic mass is 9.93. The fourth-order valence-electron chi connectivity index (χ4n) is 2.24. The zero-order valence-corrected chi connectivity index (χ0v) is 14.6. The SMILES string of the molecule is CO[C@H]1/C=C/[C@@](C)(O)/C=C/C(=O)O[C@H](C)[C@](C)(O)CC/C=C/1C. The highest BCUT2D eigenvalue weighted by Gasteiger charge is 2.30. The molecule has 1 aliphatic rings. The number of allylic oxidation sites excluding steroid dienone is 1. The Bertz CT molecular complexity index is 500. The van der Waals surface area contributed by atoms with Crippen molar-refractivity contribution in [2.75, 3.05) is 7.11 Å². The molecule has 0 aliphatic carbocycles. The van der Waals surface area contributed by atoms with Crippen LogP contribution in [-0.2, 0) is 14.3 Å². The molecule has 0 saturated carbocycles. The van der Waals surface area contributed by atoms with Crippen molar-refractivity contribution in [2.24, 2.45) is 0 Å². The van der Waals surface area contributed by atoms with E-state index in [-0.39, 0.29) is 6.10 Å². The smallest absolute Gasteiger partial charge is 0.330 e. The van der Waals surface area contributed by atoms with Crippen molar-refractivity contribution < 1.29 is 24.5 Å². The number of ether oxygens (including phenoxy) is 2. The summed E-state index contributed by atoms with van der Waals surface area (Å²) in [5.74, 6) is -0.599. The van der Waals surface area contributed by atoms with Gasteiger partial charge in [0.05, 0.1) is 17.3 Å². The van der Waals surface area contributed by atoms with Gasteiger partial charge in [-0.3, -0.25) is 0 Å². The Hall–Kier alpha value is -1.43. The van der Waals surface area contributed by atoms with Gasteiger partial charge in [-0.25, -0.2) is 4.79 Å². The Morgan fingerprint density at radius 2 is 1.96 bits per heavy atom. The van der Waals surface area contributed by atoms with Crippen molar-refractivity contribution in [3.05, 3.63) is 36.0 Å². The monoisotopic (exact) mass is 324 g/mol. The van der Waals surface area contributed by atoms with Crippen LogP contribution in [0.3, 0.4) is 0 Å². The maximum atomic E-state index is 11.8. The van der Waals surface area contributed by atoms with Crippen LogP contribution in [0.4, 0.5) is 0 Å². The van der Waals surface area contributed by atoms with Gasteiger partial charge in [0.1, 0.15) is 6.10 Å². The summed E-state index contributed by atoms with van der Waals surface area (Å²) in [5.41, 5.74) is -1.45. The molecule has 23 heavy (non-hydrogen) atoms. The first-order valence-electron chi connectivity index (χ1n) is 7.81. The molecule has 0 aromatic heterocycles. The molecule has 1 rings (SSSR count). The number of carbonyl (C=O) groups excluding carboxylic acids is 1. The Balaban J connectivity index is 3.13. The van der Waals surface area contributed by atoms with Gasteiger partial charge in [0, 0.05) is 13.2 Å². The molecule has 1 aliphatic heterocycles. The number of hydrogen-bond donors (Lipinski definition) is 2. The van der Waals surface area contributed by atoms with E-state index in [2.05, 4.69) is 0 Å². The summed E-state index contributed by atoms with van der Waals surface area (Å²) in [7, 11) is 1.59. The van der Waals surface area contributed by atoms with Crippen LogP contribution >= 0.6 is 0 Å². The van der Waals surface area contributed by atoms with E-state index in [0.717, 1.165) is 5.57 Å². The molecule has 0 radical (unpaired) electrons. The molecule has 0 fully saturated rings. The maximum absolute atomic E-state index is 11.8. The van der Waals surface area contributed by atoms with Crippen molar-refractivity contribution in [1.29, 1.82) is 0 Å². The summed E-state index contributed by atoms with van der Waals surface area (Å²) in [6.07, 6.45) is 7.99. The lowest BCUT2D eigenvalue weighted by Gasteiger charge is -2.29. The third-order valence-corrected chi connectivity index (χ3v) is 4.15. The van der Waals surface area contributed by atoms with Crippen molar-refractivity contribution >= 4 is 5.97 Å². The molecule has 0 unspecified atom stereocenters. The number of methoxy groups -OCH3 is 1. The largest absolute Gasteiger partial charge is 0.456 e. The topological polar surface area (TPSA) is 76.0 Å². The molecular formula is C18H28O5. The number of hydrogen-bond acceptors (Lipinski definition) is 5. The van der Waals surface area contributed by atoms with Gasteiger partial charge in [0.2, 0.25) is 0 Å². The van der Waals surface area contributed by atoms with Crippen LogP contribution in [0.15, 0.2) is 36.0 Å². The molecule has 130 valence electrons. The molecule has 4 atom stereocenters. The molecule has 2 N–H and O–H groups in total. The third-order valence-electron chi connectivity index (χ3n) is 4.15. The standard InChI is InChI=1S/C18H28O5/c1-13-7-6-10-18(4,21)14(2)23-16(19)9-12-17(3,20)11-8-15(13)22-5/h7-9,11-12,14-15,20-21H,6,10H2,1-5H3/b11-8+,12-9+,13-7+/t14-,15+,17-,18-/m1/s1. The van der Waals surface area contributed by atoms with Gasteiger partial charge in [0.25, 0.3) is 0 Å². The van der Waals surface area contributed by atoms with Gasteiger partial charge in [-0.05, 0) is 52.2 Å². The van der Waals surface area contributed by atoms with E-state index < -0.39 is 23.3 Å². The first kappa shape index (κ1) is 19.6. The molecule has 0 amide bonds. The van der Waals surface area contributed by atoms with E-state index in [9.17, 15) is 15.0 Å². The van der Waals surface area contributed by atoms with Crippen molar-refractivity contribution in [3.63, 3.8) is 0 Å². The number of rotatable bonds is 1. The van der Waals surface area contributed by atoms with E-state index in [4.69, 9.17) is 9.47 Å². The maximum Gasteiger partial charge on any atom is 0.330 e. The second kappa shape index (κ2) is 7.90. The third kappa shape index (κ3) is 6.29. The summed E-state index contributed by atoms with van der Waals surface area (Å²) in [6.45, 7) is 6.80. The van der Waals surface area contributed by atoms with Gasteiger partial charge < -0.3 is 19.7 Å². The van der Waals surface area contributed by atoms with Crippen LogP contribution in [0.2, 0.25) is 0 Å². The minimum atomic E-state index is -1.30. The van der Waals surface area contributed by atoms with Crippen LogP contribution in [0.5, 0.6) is 0 Å². The van der Waals surface area contributed by atoms with Crippen LogP contribution in [0.1, 0.15) is 40.5 Å². The van der Waals surface area contributed by atoms with Crippen molar-refractivity contribution in [3.8, 4) is 0 Å². The van der Waals surface area contributed by atoms with Crippen molar-refractivity contribution in [2.45, 2.75) is 63.9 Å². The molecule has 0 spiro atoms. The molecular weight excluding hydrogens is 296 g/mol. The summed E-state index contributed by atoms with van der Waals surface area (Å²) >= 11 is 0. The Morgan fingerprint density at radius 3 is 2.57 bits per heavy atom. The van der Waals surface area contributed by atoms with Crippen LogP contribution < -0.4 is 0 Å². The average Bonchev–Trinajstić information content (AvgIpc) is 2.44. The quantitative estimate of drug-likeness (QED) is 0.572. The van der Waals surface area contributed by atoms with Crippen molar-refractivity contribution in [1.82, 2.24) is 0 Å². The minimum absolute atomic E-state index is 0.271. The summed E-state index contributed by atoms with van der Waals surface area (Å²) < 4.78 is 10.6. The highest BCUT2D eigenvalue weighted by molar-refractivity contribution is 5.82. The van der Waals surface area contributed by atoms with Crippen LogP contribution in [0.25, 0.3) is 0 Å². The average molecular weight is 324 g/mol. The first-order chi connectivity index (χ1) is 10.6. The van der Waals surface area contributed by atoms with E-state index in [1.807, 2.05) is 13.0 Å². The zero-order valence-electron chi connectivity index (χ0n) is 14.6. The second-order valence-electron chi connectivity index (χ2n) is 6.50. The van der Waals surface area contributed by atoms with Gasteiger partial charge in [-0.1, -0.05) is 18.2 Å². The van der Waals surface area contributed by atoms with Gasteiger partial charge >= 0.3 is 5.97 Å². The molecule has 0 aromatic rings. The molecule has 5 heteroatoms. The lowest BCUT2D eigenvalue weighted by molar-refractivity contribution is -0.156. The normalized spacial score (nSPS) is 42.0. The molecule has 1 heterocycles. The Labute approximate surface area is 138 Å². The predicted octanol–water partition coefficient (Wildman–Crippen LogP) is 2.29. The van der Waals surface area contributed by atoms with Gasteiger partial charge in [-0.15, -0.1) is 0 Å². The number of carbonyl (C=O) groups is 1. The first-order valence-corrected chi connectivity index (χ1v) is 7.81. The highest BCUT2D eigenvalue weighted by Crippen LogP contribution is 2.22. The Kier molecular flexibility index (Phi) is 6.74. The molecule has 5 nitrogen and oxygen atoms in total. The molecule has 0 aromatic carbocycles. The van der Waals surface area contributed by atoms with Gasteiger partial charge in [-0.2, -0.15) is 0 Å². The van der Waals surface area contributed by atoms with E-state index in [0.29, 0.717) is 12.8 Å². The fraction of sp³-hybridized carbons (Fsp3) is 0.611. The number of aliphatic hydroxyl groups is 2. The molecule has 0 bridgehead atoms. The highest BCUT2D eigenvalue weighted by atomic mass is 16.6. The van der Waals surface area contributed by atoms with Crippen LogP contribution in [-0.4, -0.2) is 46.7 Å². The zero-order chi connectivity index (χ0) is 17.7. The molecule has 0 saturated heterocycles. The van der Waals surface area contributed by atoms with E-state index in [1.165, 1.54) is 12.2 Å².